The van der Waals surface area contributed by atoms with Crippen LogP contribution in [0, 0.1) is 0 Å². The summed E-state index contributed by atoms with van der Waals surface area (Å²) in [5, 5.41) is 0. The lowest BCUT2D eigenvalue weighted by Gasteiger charge is -2.37. The Hall–Kier alpha value is -3.33. The minimum Gasteiger partial charge on any atom is -0.497 e. The number of nitrogens with zero attached hydrogens (tertiary/aromatic N) is 1. The first-order valence-corrected chi connectivity index (χ1v) is 9.98. The molecule has 0 saturated carbocycles. The van der Waals surface area contributed by atoms with Crippen LogP contribution in [0.4, 0.5) is 0 Å². The Bertz CT molecular complexity index is 993. The van der Waals surface area contributed by atoms with Crippen molar-refractivity contribution >= 4 is 5.78 Å². The largest absolute Gasteiger partial charge is 0.497 e. The number of hydrogen-bond donors (Lipinski definition) is 0. The number of hydrogen-bond acceptors (Lipinski definition) is 3. The van der Waals surface area contributed by atoms with Crippen LogP contribution in [0.25, 0.3) is 0 Å². The Balaban J connectivity index is 1.57. The van der Waals surface area contributed by atoms with Crippen molar-refractivity contribution in [2.75, 3.05) is 13.7 Å². The van der Waals surface area contributed by atoms with Gasteiger partial charge < -0.3 is 9.64 Å². The maximum Gasteiger partial charge on any atom is 0.187 e. The quantitative estimate of drug-likeness (QED) is 0.431. The van der Waals surface area contributed by atoms with Crippen LogP contribution < -0.4 is 4.74 Å². The van der Waals surface area contributed by atoms with E-state index in [-0.39, 0.29) is 11.8 Å². The van der Waals surface area contributed by atoms with E-state index in [2.05, 4.69) is 53.4 Å². The van der Waals surface area contributed by atoms with Crippen LogP contribution >= 0.6 is 0 Å². The molecular formula is C26H25NO2. The van der Waals surface area contributed by atoms with Gasteiger partial charge in [0.25, 0.3) is 0 Å². The number of ketones is 1. The third-order valence-electron chi connectivity index (χ3n) is 5.52. The molecule has 3 aromatic carbocycles. The summed E-state index contributed by atoms with van der Waals surface area (Å²) in [5.41, 5.74) is 4.72. The highest BCUT2D eigenvalue weighted by molar-refractivity contribution is 6.04. The van der Waals surface area contributed by atoms with Gasteiger partial charge in [0.2, 0.25) is 0 Å². The Morgan fingerprint density at radius 3 is 2.48 bits per heavy atom. The molecule has 1 aliphatic heterocycles. The van der Waals surface area contributed by atoms with Crippen LogP contribution in [0.2, 0.25) is 0 Å². The van der Waals surface area contributed by atoms with Gasteiger partial charge in [-0.2, -0.15) is 0 Å². The zero-order chi connectivity index (χ0) is 20.1. The van der Waals surface area contributed by atoms with Crippen LogP contribution in [-0.4, -0.2) is 24.3 Å². The van der Waals surface area contributed by atoms with Crippen LogP contribution in [0.3, 0.4) is 0 Å². The average Bonchev–Trinajstić information content (AvgIpc) is 2.79. The summed E-state index contributed by atoms with van der Waals surface area (Å²) in [6, 6.07) is 26.7. The molecule has 0 aromatic heterocycles. The minimum atomic E-state index is 0.00460. The van der Waals surface area contributed by atoms with E-state index >= 15 is 0 Å². The molecule has 0 fully saturated rings. The highest BCUT2D eigenvalue weighted by Crippen LogP contribution is 2.32. The molecular weight excluding hydrogens is 358 g/mol. The van der Waals surface area contributed by atoms with Crippen molar-refractivity contribution < 1.29 is 9.53 Å². The molecule has 3 heteroatoms. The van der Waals surface area contributed by atoms with Crippen molar-refractivity contribution in [2.45, 2.75) is 18.9 Å². The first-order valence-electron chi connectivity index (χ1n) is 9.98. The van der Waals surface area contributed by atoms with Gasteiger partial charge in [0, 0.05) is 24.4 Å². The van der Waals surface area contributed by atoms with Crippen LogP contribution in [-0.2, 0) is 12.8 Å². The standard InChI is InChI=1S/C26H25NO2/c1-29-23-13-11-22(12-14-23)26(28)16-18-27-17-15-21-9-5-6-10-24(21)25(27)19-20-7-3-2-4-8-20/h2-14,16,18,25H,15,17,19H2,1H3. The number of fused-ring (bicyclic) bond motifs is 1. The Kier molecular flexibility index (Phi) is 5.76. The summed E-state index contributed by atoms with van der Waals surface area (Å²) in [6.45, 7) is 0.904. The highest BCUT2D eigenvalue weighted by Gasteiger charge is 2.25. The third-order valence-corrected chi connectivity index (χ3v) is 5.52. The molecule has 1 atom stereocenters. The van der Waals surface area contributed by atoms with E-state index in [1.165, 1.54) is 16.7 Å². The van der Waals surface area contributed by atoms with E-state index in [9.17, 15) is 4.79 Å². The number of carbonyl (C=O) groups is 1. The summed E-state index contributed by atoms with van der Waals surface area (Å²) in [4.78, 5) is 14.9. The lowest BCUT2D eigenvalue weighted by atomic mass is 9.89. The maximum atomic E-state index is 12.6. The molecule has 0 radical (unpaired) electrons. The second kappa shape index (κ2) is 8.78. The van der Waals surface area contributed by atoms with Gasteiger partial charge in [0.05, 0.1) is 13.2 Å². The molecule has 1 unspecified atom stereocenters. The van der Waals surface area contributed by atoms with E-state index in [1.807, 2.05) is 24.4 Å². The SMILES string of the molecule is COc1ccc(C(=O)C=CN2CCc3ccccc3C2Cc2ccccc2)cc1. The molecule has 3 nitrogen and oxygen atoms in total. The Morgan fingerprint density at radius 2 is 1.72 bits per heavy atom. The molecule has 146 valence electrons. The highest BCUT2D eigenvalue weighted by atomic mass is 16.5. The molecule has 29 heavy (non-hydrogen) atoms. The predicted molar refractivity (Wildman–Crippen MR) is 116 cm³/mol. The number of benzene rings is 3. The Labute approximate surface area is 172 Å². The molecule has 1 heterocycles. The van der Waals surface area contributed by atoms with Gasteiger partial charge in [-0.15, -0.1) is 0 Å². The van der Waals surface area contributed by atoms with Gasteiger partial charge in [-0.05, 0) is 53.8 Å². The van der Waals surface area contributed by atoms with E-state index in [0.29, 0.717) is 5.56 Å². The maximum absolute atomic E-state index is 12.6. The van der Waals surface area contributed by atoms with Gasteiger partial charge in [0.1, 0.15) is 5.75 Å². The topological polar surface area (TPSA) is 29.5 Å². The molecule has 4 rings (SSSR count). The Morgan fingerprint density at radius 1 is 1.00 bits per heavy atom. The van der Waals surface area contributed by atoms with Gasteiger partial charge in [-0.3, -0.25) is 4.79 Å². The van der Waals surface area contributed by atoms with Crippen LogP contribution in [0.15, 0.2) is 91.1 Å². The predicted octanol–water partition coefficient (Wildman–Crippen LogP) is 5.23. The second-order valence-corrected chi connectivity index (χ2v) is 7.30. The smallest absolute Gasteiger partial charge is 0.187 e. The molecule has 3 aromatic rings. The normalized spacial score (nSPS) is 15.9. The van der Waals surface area contributed by atoms with Crippen molar-refractivity contribution in [2.24, 2.45) is 0 Å². The zero-order valence-corrected chi connectivity index (χ0v) is 16.6. The zero-order valence-electron chi connectivity index (χ0n) is 16.6. The number of ether oxygens (including phenoxy) is 1. The molecule has 0 bridgehead atoms. The van der Waals surface area contributed by atoms with E-state index in [0.717, 1.165) is 25.1 Å². The molecule has 0 amide bonds. The van der Waals surface area contributed by atoms with E-state index < -0.39 is 0 Å². The number of allylic oxidation sites excluding steroid dienone is 1. The fourth-order valence-corrected chi connectivity index (χ4v) is 3.93. The molecule has 0 spiro atoms. The molecule has 0 saturated heterocycles. The van der Waals surface area contributed by atoms with Crippen molar-refractivity contribution in [1.82, 2.24) is 4.90 Å². The lowest BCUT2D eigenvalue weighted by Crippen LogP contribution is -2.32. The van der Waals surface area contributed by atoms with Gasteiger partial charge in [-0.1, -0.05) is 54.6 Å². The number of carbonyl (C=O) groups excluding carboxylic acids is 1. The first kappa shape index (κ1) is 19.0. The summed E-state index contributed by atoms with van der Waals surface area (Å²) in [7, 11) is 1.62. The average molecular weight is 383 g/mol. The van der Waals surface area contributed by atoms with E-state index in [1.54, 1.807) is 25.3 Å². The molecule has 0 N–H and O–H groups in total. The lowest BCUT2D eigenvalue weighted by molar-refractivity contribution is 0.104. The summed E-state index contributed by atoms with van der Waals surface area (Å²) < 4.78 is 5.17. The first-order chi connectivity index (χ1) is 14.2. The summed E-state index contributed by atoms with van der Waals surface area (Å²) in [6.07, 6.45) is 5.56. The van der Waals surface area contributed by atoms with Gasteiger partial charge >= 0.3 is 0 Å². The van der Waals surface area contributed by atoms with E-state index in [4.69, 9.17) is 4.74 Å². The van der Waals surface area contributed by atoms with Gasteiger partial charge in [-0.25, -0.2) is 0 Å². The minimum absolute atomic E-state index is 0.00460. The van der Waals surface area contributed by atoms with Crippen molar-refractivity contribution in [1.29, 1.82) is 0 Å². The fourth-order valence-electron chi connectivity index (χ4n) is 3.93. The van der Waals surface area contributed by atoms with Crippen LogP contribution in [0.1, 0.15) is 33.1 Å². The van der Waals surface area contributed by atoms with Crippen molar-refractivity contribution in [3.05, 3.63) is 113 Å². The molecule has 1 aliphatic rings. The fraction of sp³-hybridized carbons (Fsp3) is 0.192. The van der Waals surface area contributed by atoms with Crippen LogP contribution in [0.5, 0.6) is 5.75 Å². The summed E-state index contributed by atoms with van der Waals surface area (Å²) >= 11 is 0. The van der Waals surface area contributed by atoms with Gasteiger partial charge in [0.15, 0.2) is 5.78 Å². The monoisotopic (exact) mass is 383 g/mol. The number of rotatable bonds is 6. The second-order valence-electron chi connectivity index (χ2n) is 7.30. The third kappa shape index (κ3) is 4.40. The summed E-state index contributed by atoms with van der Waals surface area (Å²) in [5.74, 6) is 0.756. The van der Waals surface area contributed by atoms with Crippen molar-refractivity contribution in [3.8, 4) is 5.75 Å². The number of methoxy groups -OCH3 is 1. The van der Waals surface area contributed by atoms with Crippen molar-refractivity contribution in [3.63, 3.8) is 0 Å². The molecule has 0 aliphatic carbocycles.